The molecule has 5 nitrogen and oxygen atoms in total. The van der Waals surface area contributed by atoms with Crippen LogP contribution in [0.3, 0.4) is 0 Å². The van der Waals surface area contributed by atoms with E-state index >= 15 is 0 Å². The number of ether oxygens (including phenoxy) is 1. The first-order chi connectivity index (χ1) is 12.7. The number of carbonyl (C=O) groups is 1. The minimum absolute atomic E-state index is 0.397. The Labute approximate surface area is 158 Å². The molecule has 3 aliphatic rings. The number of benzene rings is 1. The molecule has 6 heteroatoms. The van der Waals surface area contributed by atoms with Crippen molar-refractivity contribution in [3.8, 4) is 10.4 Å². The van der Waals surface area contributed by atoms with Crippen molar-refractivity contribution in [3.05, 3.63) is 35.3 Å². The SMILES string of the molecule is CCc1nc(NC(=O)OCC2CN3CCC2CC3)c(-c2ccccc2)s1. The number of rotatable bonds is 5. The quantitative estimate of drug-likeness (QED) is 0.853. The summed E-state index contributed by atoms with van der Waals surface area (Å²) in [6, 6.07) is 10.1. The molecule has 4 heterocycles. The number of aromatic nitrogens is 1. The molecule has 1 aromatic heterocycles. The summed E-state index contributed by atoms with van der Waals surface area (Å²) in [5, 5.41) is 3.88. The van der Waals surface area contributed by atoms with E-state index in [2.05, 4.69) is 22.1 Å². The van der Waals surface area contributed by atoms with Crippen LogP contribution in [0, 0.1) is 11.8 Å². The lowest BCUT2D eigenvalue weighted by Gasteiger charge is -2.44. The van der Waals surface area contributed by atoms with E-state index in [1.165, 1.54) is 25.9 Å². The molecule has 26 heavy (non-hydrogen) atoms. The number of piperidine rings is 3. The fourth-order valence-corrected chi connectivity index (χ4v) is 4.94. The number of fused-ring (bicyclic) bond motifs is 3. The van der Waals surface area contributed by atoms with Gasteiger partial charge in [-0.2, -0.15) is 0 Å². The Morgan fingerprint density at radius 2 is 2.08 bits per heavy atom. The molecule has 0 aliphatic carbocycles. The van der Waals surface area contributed by atoms with Crippen molar-refractivity contribution in [3.63, 3.8) is 0 Å². The second-order valence-electron chi connectivity index (χ2n) is 7.13. The molecule has 1 atom stereocenters. The molecule has 0 saturated carbocycles. The Hall–Kier alpha value is -1.92. The van der Waals surface area contributed by atoms with Crippen LogP contribution in [0.2, 0.25) is 0 Å². The van der Waals surface area contributed by atoms with Gasteiger partial charge in [-0.15, -0.1) is 11.3 Å². The largest absolute Gasteiger partial charge is 0.449 e. The monoisotopic (exact) mass is 371 g/mol. The summed E-state index contributed by atoms with van der Waals surface area (Å²) in [7, 11) is 0. The van der Waals surface area contributed by atoms with Gasteiger partial charge in [0, 0.05) is 12.5 Å². The molecule has 2 aromatic rings. The van der Waals surface area contributed by atoms with Crippen molar-refractivity contribution in [2.45, 2.75) is 26.2 Å². The zero-order valence-corrected chi connectivity index (χ0v) is 15.9. The average molecular weight is 372 g/mol. The summed E-state index contributed by atoms with van der Waals surface area (Å²) in [6.07, 6.45) is 2.92. The highest BCUT2D eigenvalue weighted by Crippen LogP contribution is 2.35. The van der Waals surface area contributed by atoms with Gasteiger partial charge in [-0.3, -0.25) is 5.32 Å². The van der Waals surface area contributed by atoms with E-state index in [1.807, 2.05) is 30.3 Å². The second-order valence-corrected chi connectivity index (χ2v) is 8.21. The van der Waals surface area contributed by atoms with Gasteiger partial charge in [0.1, 0.15) is 0 Å². The molecular weight excluding hydrogens is 346 g/mol. The Bertz CT molecular complexity index is 754. The number of anilines is 1. The van der Waals surface area contributed by atoms with E-state index < -0.39 is 6.09 Å². The van der Waals surface area contributed by atoms with Crippen LogP contribution in [-0.2, 0) is 11.2 Å². The number of thiazole rings is 1. The van der Waals surface area contributed by atoms with E-state index in [0.29, 0.717) is 24.3 Å². The highest BCUT2D eigenvalue weighted by molar-refractivity contribution is 7.15. The Kier molecular flexibility index (Phi) is 5.22. The number of hydrogen-bond acceptors (Lipinski definition) is 5. The van der Waals surface area contributed by atoms with Crippen LogP contribution in [0.15, 0.2) is 30.3 Å². The van der Waals surface area contributed by atoms with Crippen LogP contribution in [0.1, 0.15) is 24.8 Å². The molecule has 1 N–H and O–H groups in total. The molecule has 3 aliphatic heterocycles. The summed E-state index contributed by atoms with van der Waals surface area (Å²) >= 11 is 1.62. The van der Waals surface area contributed by atoms with E-state index in [1.54, 1.807) is 11.3 Å². The van der Waals surface area contributed by atoms with Crippen molar-refractivity contribution in [2.75, 3.05) is 31.6 Å². The number of hydrogen-bond donors (Lipinski definition) is 1. The van der Waals surface area contributed by atoms with Gasteiger partial charge in [0.25, 0.3) is 0 Å². The summed E-state index contributed by atoms with van der Waals surface area (Å²) in [5.74, 6) is 1.79. The van der Waals surface area contributed by atoms with Crippen molar-refractivity contribution in [1.82, 2.24) is 9.88 Å². The Balaban J connectivity index is 1.40. The maximum Gasteiger partial charge on any atom is 0.412 e. The van der Waals surface area contributed by atoms with Crippen LogP contribution in [0.4, 0.5) is 10.6 Å². The third-order valence-electron chi connectivity index (χ3n) is 5.45. The Morgan fingerprint density at radius 1 is 1.31 bits per heavy atom. The molecule has 3 fully saturated rings. The number of amides is 1. The van der Waals surface area contributed by atoms with Gasteiger partial charge in [0.05, 0.1) is 16.5 Å². The summed E-state index contributed by atoms with van der Waals surface area (Å²) < 4.78 is 5.56. The molecule has 1 unspecified atom stereocenters. The zero-order chi connectivity index (χ0) is 17.9. The molecule has 138 valence electrons. The van der Waals surface area contributed by atoms with Crippen LogP contribution in [0.5, 0.6) is 0 Å². The maximum atomic E-state index is 12.4. The zero-order valence-electron chi connectivity index (χ0n) is 15.1. The van der Waals surface area contributed by atoms with Gasteiger partial charge >= 0.3 is 6.09 Å². The van der Waals surface area contributed by atoms with Crippen LogP contribution >= 0.6 is 11.3 Å². The molecule has 0 radical (unpaired) electrons. The second kappa shape index (κ2) is 7.76. The number of aryl methyl sites for hydroxylation is 1. The first-order valence-electron chi connectivity index (χ1n) is 9.44. The van der Waals surface area contributed by atoms with E-state index in [0.717, 1.165) is 28.4 Å². The van der Waals surface area contributed by atoms with E-state index in [4.69, 9.17) is 4.74 Å². The minimum Gasteiger partial charge on any atom is -0.449 e. The number of nitrogens with one attached hydrogen (secondary N) is 1. The highest BCUT2D eigenvalue weighted by Gasteiger charge is 2.34. The third-order valence-corrected chi connectivity index (χ3v) is 6.70. The molecule has 1 amide bonds. The normalized spacial score (nSPS) is 24.4. The minimum atomic E-state index is -0.397. The molecule has 1 aromatic carbocycles. The fourth-order valence-electron chi connectivity index (χ4n) is 3.98. The lowest BCUT2D eigenvalue weighted by Crippen LogP contribution is -2.49. The predicted molar refractivity (Wildman–Crippen MR) is 105 cm³/mol. The maximum absolute atomic E-state index is 12.4. The lowest BCUT2D eigenvalue weighted by atomic mass is 9.79. The average Bonchev–Trinajstić information content (AvgIpc) is 3.11. The molecule has 2 bridgehead atoms. The third kappa shape index (κ3) is 3.76. The summed E-state index contributed by atoms with van der Waals surface area (Å²) in [6.45, 7) is 6.03. The van der Waals surface area contributed by atoms with Gasteiger partial charge in [0.2, 0.25) is 0 Å². The van der Waals surface area contributed by atoms with Crippen LogP contribution in [0.25, 0.3) is 10.4 Å². The van der Waals surface area contributed by atoms with E-state index in [9.17, 15) is 4.79 Å². The van der Waals surface area contributed by atoms with Gasteiger partial charge < -0.3 is 9.64 Å². The molecule has 0 spiro atoms. The van der Waals surface area contributed by atoms with Gasteiger partial charge in [-0.25, -0.2) is 9.78 Å². The van der Waals surface area contributed by atoms with Crippen molar-refractivity contribution in [2.24, 2.45) is 11.8 Å². The number of nitrogens with zero attached hydrogens (tertiary/aromatic N) is 2. The van der Waals surface area contributed by atoms with Crippen LogP contribution in [-0.4, -0.2) is 42.2 Å². The predicted octanol–water partition coefficient (Wildman–Crippen LogP) is 4.26. The molecule has 3 saturated heterocycles. The van der Waals surface area contributed by atoms with Gasteiger partial charge in [-0.05, 0) is 43.8 Å². The van der Waals surface area contributed by atoms with Crippen molar-refractivity contribution in [1.29, 1.82) is 0 Å². The van der Waals surface area contributed by atoms with E-state index in [-0.39, 0.29) is 0 Å². The first kappa shape index (κ1) is 17.5. The van der Waals surface area contributed by atoms with Gasteiger partial charge in [0.15, 0.2) is 5.82 Å². The molecular formula is C20H25N3O2S. The highest BCUT2D eigenvalue weighted by atomic mass is 32.1. The standard InChI is InChI=1S/C20H25N3O2S/c1-2-17-21-19(18(26-17)15-6-4-3-5-7-15)22-20(24)25-13-16-12-23-10-8-14(16)9-11-23/h3-7,14,16H,2,8-13H2,1H3,(H,22,24). The fraction of sp³-hybridized carbons (Fsp3) is 0.500. The Morgan fingerprint density at radius 3 is 2.73 bits per heavy atom. The first-order valence-corrected chi connectivity index (χ1v) is 10.3. The smallest absolute Gasteiger partial charge is 0.412 e. The topological polar surface area (TPSA) is 54.5 Å². The lowest BCUT2D eigenvalue weighted by molar-refractivity contribution is 0.0151. The van der Waals surface area contributed by atoms with Crippen LogP contribution < -0.4 is 5.32 Å². The summed E-state index contributed by atoms with van der Waals surface area (Å²) in [5.41, 5.74) is 1.07. The van der Waals surface area contributed by atoms with Crippen molar-refractivity contribution >= 4 is 23.2 Å². The van der Waals surface area contributed by atoms with Gasteiger partial charge in [-0.1, -0.05) is 37.3 Å². The van der Waals surface area contributed by atoms with Crippen molar-refractivity contribution < 1.29 is 9.53 Å². The summed E-state index contributed by atoms with van der Waals surface area (Å²) in [4.78, 5) is 20.4. The molecule has 5 rings (SSSR count). The number of carbonyl (C=O) groups excluding carboxylic acids is 1.